The fraction of sp³-hybridized carbons (Fsp3) is 0.346. The number of nitrogens with one attached hydrogen (secondary N) is 3. The van der Waals surface area contributed by atoms with Crippen LogP contribution >= 0.6 is 11.3 Å². The molecule has 0 saturated heterocycles. The van der Waals surface area contributed by atoms with Crippen molar-refractivity contribution in [2.24, 2.45) is 0 Å². The molecular formula is C26H30N4O4S. The Bertz CT molecular complexity index is 1160. The summed E-state index contributed by atoms with van der Waals surface area (Å²) in [6.07, 6.45) is 3.22. The Morgan fingerprint density at radius 1 is 1.03 bits per heavy atom. The molecule has 0 unspecified atom stereocenters. The predicted molar refractivity (Wildman–Crippen MR) is 136 cm³/mol. The number of thiazole rings is 1. The first-order valence-electron chi connectivity index (χ1n) is 11.6. The van der Waals surface area contributed by atoms with Crippen molar-refractivity contribution in [3.05, 3.63) is 65.2 Å². The summed E-state index contributed by atoms with van der Waals surface area (Å²) >= 11 is 1.43. The van der Waals surface area contributed by atoms with Crippen molar-refractivity contribution in [3.63, 3.8) is 0 Å². The van der Waals surface area contributed by atoms with Gasteiger partial charge in [-0.05, 0) is 37.1 Å². The summed E-state index contributed by atoms with van der Waals surface area (Å²) in [6, 6.07) is 12.1. The molecule has 0 aliphatic heterocycles. The Morgan fingerprint density at radius 3 is 2.51 bits per heavy atom. The molecule has 1 heterocycles. The molecule has 0 radical (unpaired) electrons. The van der Waals surface area contributed by atoms with Gasteiger partial charge in [-0.25, -0.2) is 4.98 Å². The van der Waals surface area contributed by atoms with Crippen LogP contribution in [0.1, 0.15) is 49.0 Å². The summed E-state index contributed by atoms with van der Waals surface area (Å²) in [4.78, 5) is 54.2. The van der Waals surface area contributed by atoms with E-state index in [1.54, 1.807) is 30.6 Å². The molecule has 35 heavy (non-hydrogen) atoms. The monoisotopic (exact) mass is 494 g/mol. The predicted octanol–water partition coefficient (Wildman–Crippen LogP) is 3.02. The highest BCUT2D eigenvalue weighted by atomic mass is 32.1. The fourth-order valence-corrected chi connectivity index (χ4v) is 4.30. The molecular weight excluding hydrogens is 464 g/mol. The van der Waals surface area contributed by atoms with Gasteiger partial charge in [-0.1, -0.05) is 50.1 Å². The molecule has 9 heteroatoms. The lowest BCUT2D eigenvalue weighted by Gasteiger charge is -2.22. The van der Waals surface area contributed by atoms with E-state index in [0.29, 0.717) is 18.3 Å². The zero-order chi connectivity index (χ0) is 25.2. The van der Waals surface area contributed by atoms with Gasteiger partial charge in [0.15, 0.2) is 0 Å². The molecule has 0 fully saturated rings. The van der Waals surface area contributed by atoms with Crippen molar-refractivity contribution in [2.45, 2.75) is 57.7 Å². The second-order valence-electron chi connectivity index (χ2n) is 8.37. The van der Waals surface area contributed by atoms with E-state index in [1.807, 2.05) is 37.3 Å². The minimum absolute atomic E-state index is 0.253. The zero-order valence-corrected chi connectivity index (χ0v) is 20.6. The molecule has 0 spiro atoms. The lowest BCUT2D eigenvalue weighted by atomic mass is 10.0. The standard InChI is InChI=1S/C26H30N4O4S/c1-3-4-10-20(15-31)29-24(32)17(2)28-26(34)22(13-18-8-6-5-7-9-18)30-25(33)19-11-12-21-23(14-19)35-16-27-21/h5-9,11-12,14-17,20,22H,3-4,10,13H2,1-2H3,(H,28,34)(H,29,32)(H,30,33)/t17-,20-,22+/m0/s1. The molecule has 3 amide bonds. The van der Waals surface area contributed by atoms with Crippen LogP contribution in [0.3, 0.4) is 0 Å². The fourth-order valence-electron chi connectivity index (χ4n) is 3.58. The minimum Gasteiger partial charge on any atom is -0.345 e. The number of hydrogen-bond donors (Lipinski definition) is 3. The molecule has 1 aromatic heterocycles. The van der Waals surface area contributed by atoms with Crippen molar-refractivity contribution in [1.82, 2.24) is 20.9 Å². The van der Waals surface area contributed by atoms with E-state index in [0.717, 1.165) is 28.6 Å². The third-order valence-electron chi connectivity index (χ3n) is 5.61. The first-order valence-corrected chi connectivity index (χ1v) is 12.5. The van der Waals surface area contributed by atoms with Gasteiger partial charge in [0.05, 0.1) is 21.8 Å². The van der Waals surface area contributed by atoms with E-state index >= 15 is 0 Å². The number of fused-ring (bicyclic) bond motifs is 1. The van der Waals surface area contributed by atoms with Gasteiger partial charge < -0.3 is 20.7 Å². The SMILES string of the molecule is CCCC[C@@H](C=O)NC(=O)[C@H](C)NC(=O)[C@@H](Cc1ccccc1)NC(=O)c1ccc2ncsc2c1. The number of amides is 3. The molecule has 8 nitrogen and oxygen atoms in total. The van der Waals surface area contributed by atoms with Crippen LogP contribution in [0.2, 0.25) is 0 Å². The summed E-state index contributed by atoms with van der Waals surface area (Å²) in [5, 5.41) is 8.15. The lowest BCUT2D eigenvalue weighted by molar-refractivity contribution is -0.130. The molecule has 0 aliphatic rings. The minimum atomic E-state index is -0.903. The number of aldehydes is 1. The van der Waals surface area contributed by atoms with Crippen LogP contribution in [0.4, 0.5) is 0 Å². The number of unbranched alkanes of at least 4 members (excludes halogenated alkanes) is 1. The normalized spacial score (nSPS) is 13.4. The van der Waals surface area contributed by atoms with E-state index in [4.69, 9.17) is 0 Å². The van der Waals surface area contributed by atoms with Gasteiger partial charge in [-0.15, -0.1) is 11.3 Å². The van der Waals surface area contributed by atoms with Crippen LogP contribution in [0.25, 0.3) is 10.2 Å². The number of carbonyl (C=O) groups excluding carboxylic acids is 4. The topological polar surface area (TPSA) is 117 Å². The summed E-state index contributed by atoms with van der Waals surface area (Å²) < 4.78 is 0.875. The number of benzene rings is 2. The summed E-state index contributed by atoms with van der Waals surface area (Å²) in [5.74, 6) is -1.33. The number of hydrogen-bond acceptors (Lipinski definition) is 6. The molecule has 3 N–H and O–H groups in total. The average Bonchev–Trinajstić information content (AvgIpc) is 3.34. The maximum atomic E-state index is 13.1. The number of aromatic nitrogens is 1. The van der Waals surface area contributed by atoms with Crippen molar-refractivity contribution >= 4 is 45.6 Å². The number of rotatable bonds is 12. The van der Waals surface area contributed by atoms with Crippen LogP contribution in [-0.2, 0) is 20.8 Å². The van der Waals surface area contributed by atoms with Gasteiger partial charge >= 0.3 is 0 Å². The van der Waals surface area contributed by atoms with Gasteiger partial charge in [-0.3, -0.25) is 14.4 Å². The second kappa shape index (κ2) is 12.8. The van der Waals surface area contributed by atoms with Crippen LogP contribution in [-0.4, -0.2) is 47.1 Å². The van der Waals surface area contributed by atoms with E-state index in [2.05, 4.69) is 20.9 Å². The third-order valence-corrected chi connectivity index (χ3v) is 6.40. The Kier molecular flexibility index (Phi) is 9.48. The largest absolute Gasteiger partial charge is 0.345 e. The molecule has 184 valence electrons. The highest BCUT2D eigenvalue weighted by molar-refractivity contribution is 7.16. The number of carbonyl (C=O) groups is 4. The second-order valence-corrected chi connectivity index (χ2v) is 9.26. The lowest BCUT2D eigenvalue weighted by Crippen LogP contribution is -2.54. The van der Waals surface area contributed by atoms with Crippen LogP contribution < -0.4 is 16.0 Å². The molecule has 0 saturated carbocycles. The average molecular weight is 495 g/mol. The molecule has 2 aromatic carbocycles. The molecule has 0 aliphatic carbocycles. The van der Waals surface area contributed by atoms with Crippen molar-refractivity contribution < 1.29 is 19.2 Å². The first-order chi connectivity index (χ1) is 16.9. The van der Waals surface area contributed by atoms with E-state index < -0.39 is 35.8 Å². The maximum Gasteiger partial charge on any atom is 0.251 e. The highest BCUT2D eigenvalue weighted by Crippen LogP contribution is 2.19. The van der Waals surface area contributed by atoms with Gasteiger partial charge in [0, 0.05) is 12.0 Å². The maximum absolute atomic E-state index is 13.1. The van der Waals surface area contributed by atoms with Crippen molar-refractivity contribution in [3.8, 4) is 0 Å². The quantitative estimate of drug-likeness (QED) is 0.335. The van der Waals surface area contributed by atoms with Crippen molar-refractivity contribution in [1.29, 1.82) is 0 Å². The van der Waals surface area contributed by atoms with Crippen LogP contribution in [0, 0.1) is 0 Å². The summed E-state index contributed by atoms with van der Waals surface area (Å²) in [6.45, 7) is 3.55. The van der Waals surface area contributed by atoms with E-state index in [9.17, 15) is 19.2 Å². The first kappa shape index (κ1) is 26.0. The highest BCUT2D eigenvalue weighted by Gasteiger charge is 2.26. The third kappa shape index (κ3) is 7.45. The van der Waals surface area contributed by atoms with Gasteiger partial charge in [-0.2, -0.15) is 0 Å². The zero-order valence-electron chi connectivity index (χ0n) is 19.8. The van der Waals surface area contributed by atoms with Gasteiger partial charge in [0.2, 0.25) is 11.8 Å². The van der Waals surface area contributed by atoms with E-state index in [1.165, 1.54) is 11.3 Å². The Balaban J connectivity index is 1.70. The summed E-state index contributed by atoms with van der Waals surface area (Å²) in [7, 11) is 0. The van der Waals surface area contributed by atoms with Gasteiger partial charge in [0.1, 0.15) is 18.4 Å². The summed E-state index contributed by atoms with van der Waals surface area (Å²) in [5.41, 5.74) is 3.80. The molecule has 3 rings (SSSR count). The Morgan fingerprint density at radius 2 is 1.80 bits per heavy atom. The van der Waals surface area contributed by atoms with Gasteiger partial charge in [0.25, 0.3) is 5.91 Å². The Hall–Kier alpha value is -3.59. The Labute approximate surface area is 208 Å². The molecule has 3 atom stereocenters. The van der Waals surface area contributed by atoms with Crippen molar-refractivity contribution in [2.75, 3.05) is 0 Å². The van der Waals surface area contributed by atoms with Crippen LogP contribution in [0.5, 0.6) is 0 Å². The van der Waals surface area contributed by atoms with E-state index in [-0.39, 0.29) is 6.42 Å². The smallest absolute Gasteiger partial charge is 0.251 e. The number of nitrogens with zero attached hydrogens (tertiary/aromatic N) is 1. The molecule has 3 aromatic rings. The molecule has 0 bridgehead atoms. The van der Waals surface area contributed by atoms with Crippen LogP contribution in [0.15, 0.2) is 54.0 Å².